The van der Waals surface area contributed by atoms with E-state index < -0.39 is 0 Å². The molecule has 0 spiro atoms. The Bertz CT molecular complexity index is 567. The number of rotatable bonds is 6. The van der Waals surface area contributed by atoms with Crippen molar-refractivity contribution in [1.29, 1.82) is 0 Å². The van der Waals surface area contributed by atoms with E-state index >= 15 is 0 Å². The van der Waals surface area contributed by atoms with Crippen LogP contribution in [0.2, 0.25) is 5.02 Å². The summed E-state index contributed by atoms with van der Waals surface area (Å²) in [4.78, 5) is 0. The van der Waals surface area contributed by atoms with Crippen LogP contribution in [0.25, 0.3) is 0 Å². The summed E-state index contributed by atoms with van der Waals surface area (Å²) in [5.41, 5.74) is 1.15. The van der Waals surface area contributed by atoms with Crippen molar-refractivity contribution in [1.82, 2.24) is 5.32 Å². The van der Waals surface area contributed by atoms with Crippen molar-refractivity contribution in [3.63, 3.8) is 0 Å². The molecule has 2 rings (SSSR count). The maximum atomic E-state index is 6.07. The van der Waals surface area contributed by atoms with Crippen LogP contribution in [-0.2, 0) is 6.42 Å². The van der Waals surface area contributed by atoms with Crippen molar-refractivity contribution < 1.29 is 4.42 Å². The van der Waals surface area contributed by atoms with Gasteiger partial charge in [-0.3, -0.25) is 0 Å². The predicted molar refractivity (Wildman–Crippen MR) is 87.4 cm³/mol. The van der Waals surface area contributed by atoms with Crippen molar-refractivity contribution in [2.24, 2.45) is 0 Å². The normalized spacial score (nSPS) is 12.6. The van der Waals surface area contributed by atoms with Gasteiger partial charge in [0.25, 0.3) is 0 Å². The van der Waals surface area contributed by atoms with Crippen LogP contribution >= 0.6 is 27.5 Å². The van der Waals surface area contributed by atoms with Crippen molar-refractivity contribution in [2.45, 2.75) is 32.7 Å². The minimum Gasteiger partial charge on any atom is -0.464 e. The predicted octanol–water partition coefficient (Wildman–Crippen LogP) is 5.35. The first-order valence-electron chi connectivity index (χ1n) is 6.92. The lowest BCUT2D eigenvalue weighted by Gasteiger charge is -2.17. The van der Waals surface area contributed by atoms with Crippen LogP contribution in [0, 0.1) is 0 Å². The molecule has 0 amide bonds. The van der Waals surface area contributed by atoms with E-state index in [1.165, 1.54) is 0 Å². The lowest BCUT2D eigenvalue weighted by Crippen LogP contribution is -2.22. The first-order valence-corrected chi connectivity index (χ1v) is 8.09. The quantitative estimate of drug-likeness (QED) is 0.755. The Balaban J connectivity index is 2.32. The largest absolute Gasteiger partial charge is 0.464 e. The van der Waals surface area contributed by atoms with Gasteiger partial charge in [0.15, 0.2) is 0 Å². The number of aryl methyl sites for hydroxylation is 1. The summed E-state index contributed by atoms with van der Waals surface area (Å²) >= 11 is 9.56. The molecule has 1 atom stereocenters. The highest BCUT2D eigenvalue weighted by molar-refractivity contribution is 9.10. The van der Waals surface area contributed by atoms with Gasteiger partial charge in [0.2, 0.25) is 0 Å². The van der Waals surface area contributed by atoms with Crippen LogP contribution < -0.4 is 5.32 Å². The van der Waals surface area contributed by atoms with Gasteiger partial charge >= 0.3 is 0 Å². The molecule has 0 saturated heterocycles. The zero-order valence-corrected chi connectivity index (χ0v) is 14.1. The topological polar surface area (TPSA) is 25.2 Å². The summed E-state index contributed by atoms with van der Waals surface area (Å²) in [6.07, 6.45) is 1.98. The van der Waals surface area contributed by atoms with Gasteiger partial charge in [-0.05, 0) is 58.7 Å². The average molecular weight is 357 g/mol. The number of hydrogen-bond acceptors (Lipinski definition) is 2. The highest BCUT2D eigenvalue weighted by Gasteiger charge is 2.18. The van der Waals surface area contributed by atoms with E-state index in [1.54, 1.807) is 0 Å². The second-order valence-electron chi connectivity index (χ2n) is 4.72. The van der Waals surface area contributed by atoms with Gasteiger partial charge in [0, 0.05) is 10.9 Å². The summed E-state index contributed by atoms with van der Waals surface area (Å²) in [6, 6.07) is 10.1. The lowest BCUT2D eigenvalue weighted by molar-refractivity contribution is 0.422. The molecular formula is C16H19BrClNO. The number of halogens is 2. The van der Waals surface area contributed by atoms with Gasteiger partial charge < -0.3 is 9.73 Å². The molecule has 0 aliphatic rings. The summed E-state index contributed by atoms with van der Waals surface area (Å²) in [5.74, 6) is 1.96. The summed E-state index contributed by atoms with van der Waals surface area (Å²) in [5, 5.41) is 4.25. The molecule has 20 heavy (non-hydrogen) atoms. The fraction of sp³-hybridized carbons (Fsp3) is 0.375. The molecule has 2 aromatic rings. The number of benzene rings is 1. The van der Waals surface area contributed by atoms with Crippen LogP contribution in [-0.4, -0.2) is 6.54 Å². The monoisotopic (exact) mass is 355 g/mol. The molecule has 1 aromatic carbocycles. The van der Waals surface area contributed by atoms with Gasteiger partial charge in [-0.25, -0.2) is 0 Å². The highest BCUT2D eigenvalue weighted by Crippen LogP contribution is 2.30. The SMILES string of the molecule is CCCNC(c1ccc(Cl)c(Br)c1)c1ccc(CC)o1. The highest BCUT2D eigenvalue weighted by atomic mass is 79.9. The Kier molecular flexibility index (Phi) is 5.70. The Hall–Kier alpha value is -0.770. The summed E-state index contributed by atoms with van der Waals surface area (Å²) < 4.78 is 6.81. The second-order valence-corrected chi connectivity index (χ2v) is 5.98. The third-order valence-corrected chi connectivity index (χ3v) is 4.40. The van der Waals surface area contributed by atoms with Crippen molar-refractivity contribution in [3.8, 4) is 0 Å². The lowest BCUT2D eigenvalue weighted by atomic mass is 10.0. The molecule has 0 aliphatic heterocycles. The number of furan rings is 1. The van der Waals surface area contributed by atoms with Crippen LogP contribution in [0.4, 0.5) is 0 Å². The Morgan fingerprint density at radius 2 is 2.05 bits per heavy atom. The van der Waals surface area contributed by atoms with E-state index in [-0.39, 0.29) is 6.04 Å². The molecule has 0 aliphatic carbocycles. The van der Waals surface area contributed by atoms with E-state index in [4.69, 9.17) is 16.0 Å². The van der Waals surface area contributed by atoms with Crippen LogP contribution in [0.3, 0.4) is 0 Å². The van der Waals surface area contributed by atoms with E-state index in [0.717, 1.165) is 46.0 Å². The number of nitrogens with one attached hydrogen (secondary N) is 1. The summed E-state index contributed by atoms with van der Waals surface area (Å²) in [6.45, 7) is 5.19. The number of hydrogen-bond donors (Lipinski definition) is 1. The minimum absolute atomic E-state index is 0.0591. The van der Waals surface area contributed by atoms with Gasteiger partial charge in [0.05, 0.1) is 11.1 Å². The zero-order valence-electron chi connectivity index (χ0n) is 11.7. The molecule has 0 radical (unpaired) electrons. The van der Waals surface area contributed by atoms with E-state index in [1.807, 2.05) is 24.3 Å². The molecule has 0 saturated carbocycles. The minimum atomic E-state index is 0.0591. The Morgan fingerprint density at radius 3 is 2.65 bits per heavy atom. The molecule has 1 unspecified atom stereocenters. The first-order chi connectivity index (χ1) is 9.65. The molecule has 1 heterocycles. The summed E-state index contributed by atoms with van der Waals surface area (Å²) in [7, 11) is 0. The fourth-order valence-electron chi connectivity index (χ4n) is 2.10. The zero-order chi connectivity index (χ0) is 14.5. The van der Waals surface area contributed by atoms with Gasteiger partial charge in [0.1, 0.15) is 11.5 Å². The van der Waals surface area contributed by atoms with Crippen molar-refractivity contribution in [2.75, 3.05) is 6.54 Å². The van der Waals surface area contributed by atoms with Crippen molar-refractivity contribution in [3.05, 3.63) is 56.9 Å². The first kappa shape index (κ1) is 15.6. The third kappa shape index (κ3) is 3.66. The maximum absolute atomic E-state index is 6.07. The van der Waals surface area contributed by atoms with Gasteiger partial charge in [-0.2, -0.15) is 0 Å². The van der Waals surface area contributed by atoms with Crippen LogP contribution in [0.5, 0.6) is 0 Å². The molecule has 1 aromatic heterocycles. The average Bonchev–Trinajstić information content (AvgIpc) is 2.92. The smallest absolute Gasteiger partial charge is 0.125 e. The Morgan fingerprint density at radius 1 is 1.25 bits per heavy atom. The fourth-order valence-corrected chi connectivity index (χ4v) is 2.62. The van der Waals surface area contributed by atoms with E-state index in [9.17, 15) is 0 Å². The molecule has 108 valence electrons. The van der Waals surface area contributed by atoms with E-state index in [0.29, 0.717) is 0 Å². The molecule has 1 N–H and O–H groups in total. The Labute approximate surface area is 133 Å². The van der Waals surface area contributed by atoms with E-state index in [2.05, 4.69) is 41.2 Å². The van der Waals surface area contributed by atoms with Gasteiger partial charge in [-0.15, -0.1) is 0 Å². The van der Waals surface area contributed by atoms with Gasteiger partial charge in [-0.1, -0.05) is 31.5 Å². The third-order valence-electron chi connectivity index (χ3n) is 3.19. The maximum Gasteiger partial charge on any atom is 0.125 e. The van der Waals surface area contributed by atoms with Crippen LogP contribution in [0.1, 0.15) is 43.4 Å². The molecule has 0 fully saturated rings. The molecule has 0 bridgehead atoms. The molecule has 2 nitrogen and oxygen atoms in total. The standard InChI is InChI=1S/C16H19BrClNO/c1-3-9-19-16(15-8-6-12(4-2)20-15)11-5-7-14(18)13(17)10-11/h5-8,10,16,19H,3-4,9H2,1-2H3. The van der Waals surface area contributed by atoms with Crippen molar-refractivity contribution >= 4 is 27.5 Å². The van der Waals surface area contributed by atoms with Crippen LogP contribution in [0.15, 0.2) is 39.2 Å². The molecule has 4 heteroatoms. The molecular weight excluding hydrogens is 338 g/mol. The second kappa shape index (κ2) is 7.30.